The third kappa shape index (κ3) is 2.14. The third-order valence-corrected chi connectivity index (χ3v) is 4.82. The predicted octanol–water partition coefficient (Wildman–Crippen LogP) is 3.15. The number of nitrogens with one attached hydrogen (secondary N) is 1. The van der Waals surface area contributed by atoms with Crippen molar-refractivity contribution in [1.29, 1.82) is 0 Å². The van der Waals surface area contributed by atoms with Crippen LogP contribution in [0.2, 0.25) is 5.15 Å². The first-order valence-corrected chi connectivity index (χ1v) is 7.57. The normalized spacial score (nSPS) is 16.5. The summed E-state index contributed by atoms with van der Waals surface area (Å²) in [4.78, 5) is 27.8. The van der Waals surface area contributed by atoms with Crippen molar-refractivity contribution in [3.05, 3.63) is 56.3 Å². The fourth-order valence-corrected chi connectivity index (χ4v) is 3.39. The van der Waals surface area contributed by atoms with E-state index in [1.165, 1.54) is 4.57 Å². The van der Waals surface area contributed by atoms with Crippen molar-refractivity contribution in [3.63, 3.8) is 0 Å². The molecule has 110 valence electrons. The van der Waals surface area contributed by atoms with E-state index in [0.29, 0.717) is 5.56 Å². The van der Waals surface area contributed by atoms with Crippen molar-refractivity contribution in [1.82, 2.24) is 9.55 Å². The van der Waals surface area contributed by atoms with E-state index < -0.39 is 5.69 Å². The molecule has 0 amide bonds. The van der Waals surface area contributed by atoms with Crippen LogP contribution in [0.3, 0.4) is 0 Å². The highest BCUT2D eigenvalue weighted by Crippen LogP contribution is 2.40. The summed E-state index contributed by atoms with van der Waals surface area (Å²) in [6.07, 6.45) is 3.54. The van der Waals surface area contributed by atoms with Crippen LogP contribution >= 0.6 is 11.6 Å². The molecule has 1 aromatic heterocycles. The number of rotatable bonds is 3. The number of aromatic amines is 1. The second-order valence-corrected chi connectivity index (χ2v) is 5.94. The average Bonchev–Trinajstić information content (AvgIpc) is 2.42. The van der Waals surface area contributed by atoms with Gasteiger partial charge in [0.1, 0.15) is 5.15 Å². The standard InChI is InChI=1S/C16H17ClN2O2/c1-2-16(9-6-10-16)19-14(20)12(13(17)18-15(19)21)11-7-4-3-5-8-11/h3-5,7-8H,2,6,9-10H2,1H3,(H,18,21). The largest absolute Gasteiger partial charge is 0.330 e. The zero-order valence-corrected chi connectivity index (χ0v) is 12.6. The highest BCUT2D eigenvalue weighted by molar-refractivity contribution is 6.32. The van der Waals surface area contributed by atoms with Gasteiger partial charge in [-0.05, 0) is 31.2 Å². The minimum atomic E-state index is -0.411. The van der Waals surface area contributed by atoms with Crippen LogP contribution in [0.4, 0.5) is 0 Å². The van der Waals surface area contributed by atoms with Crippen LogP contribution in [0.5, 0.6) is 0 Å². The van der Waals surface area contributed by atoms with E-state index in [-0.39, 0.29) is 16.3 Å². The van der Waals surface area contributed by atoms with Crippen molar-refractivity contribution >= 4 is 11.6 Å². The van der Waals surface area contributed by atoms with Gasteiger partial charge in [0.25, 0.3) is 5.56 Å². The summed E-state index contributed by atoms with van der Waals surface area (Å²) in [7, 11) is 0. The molecule has 1 aliphatic carbocycles. The molecule has 0 aliphatic heterocycles. The van der Waals surface area contributed by atoms with Crippen LogP contribution in [0, 0.1) is 0 Å². The van der Waals surface area contributed by atoms with Gasteiger partial charge in [-0.15, -0.1) is 0 Å². The fourth-order valence-electron chi connectivity index (χ4n) is 3.12. The molecule has 1 saturated carbocycles. The van der Waals surface area contributed by atoms with Gasteiger partial charge in [-0.25, -0.2) is 4.79 Å². The van der Waals surface area contributed by atoms with Gasteiger partial charge in [0.05, 0.1) is 11.1 Å². The Morgan fingerprint density at radius 3 is 2.43 bits per heavy atom. The van der Waals surface area contributed by atoms with Crippen LogP contribution in [0.25, 0.3) is 11.1 Å². The Kier molecular flexibility index (Phi) is 3.49. The maximum absolute atomic E-state index is 12.9. The Balaban J connectivity index is 2.29. The summed E-state index contributed by atoms with van der Waals surface area (Å²) >= 11 is 6.13. The van der Waals surface area contributed by atoms with Crippen molar-refractivity contribution in [2.75, 3.05) is 0 Å². The lowest BCUT2D eigenvalue weighted by Gasteiger charge is -2.42. The van der Waals surface area contributed by atoms with E-state index in [1.54, 1.807) is 0 Å². The van der Waals surface area contributed by atoms with Gasteiger partial charge in [-0.1, -0.05) is 48.9 Å². The molecule has 21 heavy (non-hydrogen) atoms. The first-order chi connectivity index (χ1) is 10.1. The number of aromatic nitrogens is 2. The summed E-state index contributed by atoms with van der Waals surface area (Å²) in [6, 6.07) is 9.22. The fraction of sp³-hybridized carbons (Fsp3) is 0.375. The summed E-state index contributed by atoms with van der Waals surface area (Å²) in [5, 5.41) is 0.109. The lowest BCUT2D eigenvalue weighted by Crippen LogP contribution is -2.53. The van der Waals surface area contributed by atoms with Gasteiger partial charge >= 0.3 is 5.69 Å². The molecule has 1 fully saturated rings. The van der Waals surface area contributed by atoms with Crippen molar-refractivity contribution < 1.29 is 0 Å². The first kappa shape index (κ1) is 14.1. The predicted molar refractivity (Wildman–Crippen MR) is 83.9 cm³/mol. The molecule has 5 heteroatoms. The molecule has 1 N–H and O–H groups in total. The minimum Gasteiger partial charge on any atom is -0.297 e. The summed E-state index contributed by atoms with van der Waals surface area (Å²) in [5.41, 5.74) is 0.0427. The lowest BCUT2D eigenvalue weighted by atomic mass is 9.74. The van der Waals surface area contributed by atoms with E-state index in [4.69, 9.17) is 11.6 Å². The zero-order chi connectivity index (χ0) is 15.0. The van der Waals surface area contributed by atoms with Crippen LogP contribution in [0.1, 0.15) is 32.6 Å². The Labute approximate surface area is 127 Å². The summed E-state index contributed by atoms with van der Waals surface area (Å²) < 4.78 is 1.38. The van der Waals surface area contributed by atoms with E-state index in [1.807, 2.05) is 37.3 Å². The second-order valence-electron chi connectivity index (χ2n) is 5.56. The first-order valence-electron chi connectivity index (χ1n) is 7.20. The van der Waals surface area contributed by atoms with Gasteiger partial charge in [-0.3, -0.25) is 14.3 Å². The third-order valence-electron chi connectivity index (χ3n) is 4.54. The van der Waals surface area contributed by atoms with Crippen molar-refractivity contribution in [2.24, 2.45) is 0 Å². The van der Waals surface area contributed by atoms with E-state index in [0.717, 1.165) is 31.2 Å². The monoisotopic (exact) mass is 304 g/mol. The van der Waals surface area contributed by atoms with E-state index in [2.05, 4.69) is 4.98 Å². The molecule has 1 aliphatic rings. The number of hydrogen-bond acceptors (Lipinski definition) is 2. The highest BCUT2D eigenvalue weighted by atomic mass is 35.5. The molecule has 0 bridgehead atoms. The van der Waals surface area contributed by atoms with Crippen molar-refractivity contribution in [3.8, 4) is 11.1 Å². The SMILES string of the molecule is CCC1(n2c(=O)[nH]c(Cl)c(-c3ccccc3)c2=O)CCC1. The molecule has 0 saturated heterocycles. The number of halogens is 1. The molecule has 1 aromatic carbocycles. The van der Waals surface area contributed by atoms with Crippen LogP contribution < -0.4 is 11.2 Å². The van der Waals surface area contributed by atoms with Gasteiger partial charge < -0.3 is 0 Å². The number of nitrogens with zero attached hydrogens (tertiary/aromatic N) is 1. The van der Waals surface area contributed by atoms with E-state index >= 15 is 0 Å². The van der Waals surface area contributed by atoms with Crippen LogP contribution in [0.15, 0.2) is 39.9 Å². The molecule has 4 nitrogen and oxygen atoms in total. The molecular formula is C16H17ClN2O2. The summed E-state index contributed by atoms with van der Waals surface area (Å²) in [6.45, 7) is 2.02. The molecule has 0 unspecified atom stereocenters. The Morgan fingerprint density at radius 2 is 1.90 bits per heavy atom. The van der Waals surface area contributed by atoms with Gasteiger partial charge in [0.15, 0.2) is 0 Å². The average molecular weight is 305 g/mol. The Morgan fingerprint density at radius 1 is 1.24 bits per heavy atom. The van der Waals surface area contributed by atoms with Crippen LogP contribution in [-0.4, -0.2) is 9.55 Å². The minimum absolute atomic E-state index is 0.109. The molecule has 1 heterocycles. The Bertz CT molecular complexity index is 768. The van der Waals surface area contributed by atoms with Gasteiger partial charge in [-0.2, -0.15) is 0 Å². The maximum atomic E-state index is 12.9. The number of hydrogen-bond donors (Lipinski definition) is 1. The number of benzene rings is 1. The second kappa shape index (κ2) is 5.19. The smallest absolute Gasteiger partial charge is 0.297 e. The van der Waals surface area contributed by atoms with Gasteiger partial charge in [0, 0.05) is 0 Å². The molecule has 0 radical (unpaired) electrons. The topological polar surface area (TPSA) is 54.9 Å². The van der Waals surface area contributed by atoms with Crippen LogP contribution in [-0.2, 0) is 5.54 Å². The molecule has 2 aromatic rings. The molecule has 3 rings (SSSR count). The van der Waals surface area contributed by atoms with Crippen molar-refractivity contribution in [2.45, 2.75) is 38.1 Å². The Hall–Kier alpha value is -1.81. The zero-order valence-electron chi connectivity index (χ0n) is 11.9. The molecule has 0 spiro atoms. The number of H-pyrrole nitrogens is 1. The quantitative estimate of drug-likeness (QED) is 0.886. The highest BCUT2D eigenvalue weighted by Gasteiger charge is 2.40. The molecule has 0 atom stereocenters. The van der Waals surface area contributed by atoms with Gasteiger partial charge in [0.2, 0.25) is 0 Å². The maximum Gasteiger partial charge on any atom is 0.330 e. The summed E-state index contributed by atoms with van der Waals surface area (Å²) in [5.74, 6) is 0. The van der Waals surface area contributed by atoms with E-state index in [9.17, 15) is 9.59 Å². The molecular weight excluding hydrogens is 288 g/mol. The lowest BCUT2D eigenvalue weighted by molar-refractivity contribution is 0.125.